The van der Waals surface area contributed by atoms with Crippen LogP contribution in [0.5, 0.6) is 0 Å². The van der Waals surface area contributed by atoms with Gasteiger partial charge in [0, 0.05) is 6.42 Å². The minimum atomic E-state index is 0.313. The van der Waals surface area contributed by atoms with Crippen molar-refractivity contribution >= 4 is 0 Å². The van der Waals surface area contributed by atoms with Gasteiger partial charge in [0.2, 0.25) is 0 Å². The lowest BCUT2D eigenvalue weighted by Crippen LogP contribution is -2.35. The second-order valence-electron chi connectivity index (χ2n) is 2.82. The first-order valence-electron chi connectivity index (χ1n) is 3.68. The van der Waals surface area contributed by atoms with Gasteiger partial charge in [0.05, 0.1) is 12.2 Å². The van der Waals surface area contributed by atoms with E-state index in [9.17, 15) is 0 Å². The normalized spacial score (nSPS) is 30.9. The zero-order valence-electron chi connectivity index (χ0n) is 6.47. The highest BCUT2D eigenvalue weighted by atomic mass is 16.5. The number of allylic oxidation sites excluding steroid dienone is 1. The molecule has 0 bridgehead atoms. The molecule has 0 saturated carbocycles. The molecule has 0 radical (unpaired) electrons. The molecule has 1 saturated heterocycles. The lowest BCUT2D eigenvalue weighted by molar-refractivity contribution is -0.0925. The molecule has 1 aliphatic heterocycles. The molecule has 0 aromatic carbocycles. The number of hydrogen-bond acceptors (Lipinski definition) is 1. The van der Waals surface area contributed by atoms with Gasteiger partial charge in [-0.3, -0.25) is 0 Å². The van der Waals surface area contributed by atoms with Gasteiger partial charge in [-0.05, 0) is 18.9 Å². The van der Waals surface area contributed by atoms with Crippen LogP contribution in [0.2, 0.25) is 0 Å². The van der Waals surface area contributed by atoms with Crippen molar-refractivity contribution in [2.24, 2.45) is 0 Å². The molecule has 0 spiro atoms. The third-order valence-electron chi connectivity index (χ3n) is 1.80. The van der Waals surface area contributed by atoms with E-state index in [4.69, 9.17) is 4.74 Å². The fraction of sp³-hybridized carbons (Fsp3) is 0.556. The summed E-state index contributed by atoms with van der Waals surface area (Å²) in [6, 6.07) is 0. The molecule has 0 N–H and O–H groups in total. The van der Waals surface area contributed by atoms with Gasteiger partial charge >= 0.3 is 0 Å². The van der Waals surface area contributed by atoms with Crippen molar-refractivity contribution in [2.75, 3.05) is 0 Å². The summed E-state index contributed by atoms with van der Waals surface area (Å²) < 4.78 is 5.41. The molecule has 1 rings (SSSR count). The van der Waals surface area contributed by atoms with Crippen molar-refractivity contribution < 1.29 is 4.74 Å². The first kappa shape index (κ1) is 7.55. The second kappa shape index (κ2) is 3.02. The van der Waals surface area contributed by atoms with E-state index in [1.165, 1.54) is 0 Å². The Morgan fingerprint density at radius 3 is 2.80 bits per heavy atom. The molecule has 1 nitrogen and oxygen atoms in total. The minimum absolute atomic E-state index is 0.313. The number of rotatable bonds is 3. The fourth-order valence-electron chi connectivity index (χ4n) is 1.15. The highest BCUT2D eigenvalue weighted by molar-refractivity contribution is 5.10. The van der Waals surface area contributed by atoms with E-state index in [0.29, 0.717) is 12.2 Å². The largest absolute Gasteiger partial charge is 0.371 e. The van der Waals surface area contributed by atoms with Gasteiger partial charge in [0.15, 0.2) is 0 Å². The van der Waals surface area contributed by atoms with E-state index in [-0.39, 0.29) is 0 Å². The van der Waals surface area contributed by atoms with Gasteiger partial charge in [0.1, 0.15) is 0 Å². The monoisotopic (exact) mass is 138 g/mol. The van der Waals surface area contributed by atoms with Crippen molar-refractivity contribution in [3.8, 4) is 0 Å². The van der Waals surface area contributed by atoms with Crippen LogP contribution >= 0.6 is 0 Å². The SMILES string of the molecule is C=CCC(=C)C1CC(C)O1. The standard InChI is InChI=1S/C9H14O/c1-4-5-7(2)9-6-8(3)10-9/h4,8-9H,1-2,5-6H2,3H3. The van der Waals surface area contributed by atoms with Gasteiger partial charge in [-0.1, -0.05) is 12.7 Å². The summed E-state index contributed by atoms with van der Waals surface area (Å²) >= 11 is 0. The summed E-state index contributed by atoms with van der Waals surface area (Å²) in [4.78, 5) is 0. The summed E-state index contributed by atoms with van der Waals surface area (Å²) in [5.74, 6) is 0. The molecule has 0 aliphatic carbocycles. The van der Waals surface area contributed by atoms with E-state index < -0.39 is 0 Å². The van der Waals surface area contributed by atoms with Crippen LogP contribution in [0.3, 0.4) is 0 Å². The summed E-state index contributed by atoms with van der Waals surface area (Å²) in [5, 5.41) is 0. The molecule has 0 aromatic heterocycles. The van der Waals surface area contributed by atoms with Crippen molar-refractivity contribution in [1.82, 2.24) is 0 Å². The fourth-order valence-corrected chi connectivity index (χ4v) is 1.15. The summed E-state index contributed by atoms with van der Waals surface area (Å²) in [7, 11) is 0. The van der Waals surface area contributed by atoms with Crippen molar-refractivity contribution in [3.05, 3.63) is 24.8 Å². The predicted molar refractivity (Wildman–Crippen MR) is 42.9 cm³/mol. The molecule has 1 fully saturated rings. The van der Waals surface area contributed by atoms with Gasteiger partial charge < -0.3 is 4.74 Å². The smallest absolute Gasteiger partial charge is 0.0813 e. The maximum atomic E-state index is 5.41. The summed E-state index contributed by atoms with van der Waals surface area (Å²) in [5.41, 5.74) is 1.16. The van der Waals surface area contributed by atoms with Crippen molar-refractivity contribution in [2.45, 2.75) is 32.0 Å². The Labute approximate surface area is 62.4 Å². The Bertz CT molecular complexity index is 143. The van der Waals surface area contributed by atoms with Crippen molar-refractivity contribution in [1.29, 1.82) is 0 Å². The van der Waals surface area contributed by atoms with Gasteiger partial charge in [-0.2, -0.15) is 0 Å². The van der Waals surface area contributed by atoms with Gasteiger partial charge in [0.25, 0.3) is 0 Å². The molecular weight excluding hydrogens is 124 g/mol. The second-order valence-corrected chi connectivity index (χ2v) is 2.82. The maximum Gasteiger partial charge on any atom is 0.0813 e. The van der Waals surface area contributed by atoms with Crippen LogP contribution in [0.1, 0.15) is 19.8 Å². The van der Waals surface area contributed by atoms with E-state index in [0.717, 1.165) is 18.4 Å². The van der Waals surface area contributed by atoms with Crippen LogP contribution < -0.4 is 0 Å². The molecule has 0 aromatic rings. The maximum absolute atomic E-state index is 5.41. The van der Waals surface area contributed by atoms with Crippen LogP contribution in [0, 0.1) is 0 Å². The molecule has 1 aliphatic rings. The molecular formula is C9H14O. The van der Waals surface area contributed by atoms with Crippen molar-refractivity contribution in [3.63, 3.8) is 0 Å². The number of ether oxygens (including phenoxy) is 1. The highest BCUT2D eigenvalue weighted by Gasteiger charge is 2.27. The van der Waals surface area contributed by atoms with Gasteiger partial charge in [-0.25, -0.2) is 0 Å². The van der Waals surface area contributed by atoms with E-state index >= 15 is 0 Å². The highest BCUT2D eigenvalue weighted by Crippen LogP contribution is 2.26. The summed E-state index contributed by atoms with van der Waals surface area (Å²) in [6.45, 7) is 9.63. The molecule has 56 valence electrons. The zero-order chi connectivity index (χ0) is 7.56. The molecule has 0 amide bonds. The molecule has 2 unspecified atom stereocenters. The Hall–Kier alpha value is -0.560. The minimum Gasteiger partial charge on any atom is -0.371 e. The lowest BCUT2D eigenvalue weighted by atomic mass is 9.97. The zero-order valence-corrected chi connectivity index (χ0v) is 6.47. The van der Waals surface area contributed by atoms with Gasteiger partial charge in [-0.15, -0.1) is 6.58 Å². The van der Waals surface area contributed by atoms with Crippen LogP contribution in [0.25, 0.3) is 0 Å². The van der Waals surface area contributed by atoms with Crippen LogP contribution in [0.4, 0.5) is 0 Å². The number of hydrogen-bond donors (Lipinski definition) is 0. The Kier molecular flexibility index (Phi) is 2.28. The third kappa shape index (κ3) is 1.48. The molecule has 10 heavy (non-hydrogen) atoms. The first-order chi connectivity index (χ1) is 4.74. The molecule has 1 heterocycles. The predicted octanol–water partition coefficient (Wildman–Crippen LogP) is 2.30. The van der Waals surface area contributed by atoms with E-state index in [1.54, 1.807) is 0 Å². The van der Waals surface area contributed by atoms with E-state index in [1.807, 2.05) is 6.08 Å². The average molecular weight is 138 g/mol. The van der Waals surface area contributed by atoms with Crippen LogP contribution in [-0.2, 0) is 4.74 Å². The van der Waals surface area contributed by atoms with E-state index in [2.05, 4.69) is 20.1 Å². The lowest BCUT2D eigenvalue weighted by Gasteiger charge is -2.34. The first-order valence-corrected chi connectivity index (χ1v) is 3.68. The Balaban J connectivity index is 2.24. The quantitative estimate of drug-likeness (QED) is 0.544. The molecule has 1 heteroatoms. The Morgan fingerprint density at radius 2 is 2.40 bits per heavy atom. The summed E-state index contributed by atoms with van der Waals surface area (Å²) in [6.07, 6.45) is 4.64. The third-order valence-corrected chi connectivity index (χ3v) is 1.80. The topological polar surface area (TPSA) is 9.23 Å². The Morgan fingerprint density at radius 1 is 1.80 bits per heavy atom. The van der Waals surface area contributed by atoms with Crippen LogP contribution in [-0.4, -0.2) is 12.2 Å². The average Bonchev–Trinajstić information content (AvgIpc) is 1.82. The molecule has 2 atom stereocenters. The van der Waals surface area contributed by atoms with Crippen LogP contribution in [0.15, 0.2) is 24.8 Å².